The van der Waals surface area contributed by atoms with Crippen LogP contribution in [0.4, 0.5) is 28.1 Å². The van der Waals surface area contributed by atoms with E-state index in [1.165, 1.54) is 45.6 Å². The summed E-state index contributed by atoms with van der Waals surface area (Å²) in [6, 6.07) is 48.5. The Labute approximate surface area is 845 Å². The van der Waals surface area contributed by atoms with E-state index in [0.29, 0.717) is 56.1 Å². The lowest BCUT2D eigenvalue weighted by molar-refractivity contribution is 0.0158. The Hall–Kier alpha value is -14.0. The minimum atomic E-state index is -1.09. The standard InChI is InChI=1S/C34H42N8O2.C33H40N8O2.C26H31BrN6O4.C10H10N4O2.3CH4/c1-39-12-14-42(15-13-39)19-24-4-8-26(9-5-24)27-10-6-25(7-11-27)23-44-32-22-40(2)21-31(32)38-34(43)30-16-28(17-36-33(30)35)29-18-37-41(3)20-29;1-39-11-13-41(14-12-39)20-23-3-7-25(8-4-23)26-9-5-24(6-10-26)22-43-31-19-35-18-30(31)38-33(42)29-15-27(16-36-32(29)34)28-17-37-40(2)21-28;1-26(2,3)37-25(35)33-13-21(22(14-33)36-15-16-5-7-19(27)8-6-16)31-24(34)20-9-17(10-29-23(20)28)18-11-30-32(4)12-18;1-14-5-7(4-13-14)6-2-8(10(15)16)9(11)12-3-6;;;/h4-11,16-18,20,31-32H,12-15,19,21-23H2,1-3H3,(H2,35,36)(H,38,43);3-10,15-17,21,30-31,35H,11-14,18-20,22H2,1-2H3,(H2,34,36)(H,38,42);5-12,21-22H,13-15H2,1-4H3,(H2,28,29)(H,31,34);2-5H,1H3,(H2,11,12)(H,15,16);3*1H4/t31-,32-;30-,31-;21-,22-;;;;/m000..../s1. The number of likely N-dealkylation sites (N-methyl/N-ethyl adjacent to an activating group) is 3. The van der Waals surface area contributed by atoms with Crippen LogP contribution in [0.3, 0.4) is 0 Å². The highest BCUT2D eigenvalue weighted by Gasteiger charge is 2.40. The predicted molar refractivity (Wildman–Crippen MR) is 562 cm³/mol. The van der Waals surface area contributed by atoms with Gasteiger partial charge in [0.1, 0.15) is 34.4 Å². The molecule has 5 saturated heterocycles. The molecule has 0 unspecified atom stereocenters. The van der Waals surface area contributed by atoms with Crippen LogP contribution in [0, 0.1) is 0 Å². The zero-order valence-electron chi connectivity index (χ0n) is 80.5. The van der Waals surface area contributed by atoms with Crippen molar-refractivity contribution < 1.29 is 48.0 Å². The van der Waals surface area contributed by atoms with Gasteiger partial charge < -0.3 is 87.9 Å². The maximum absolute atomic E-state index is 13.3. The number of aryl methyl sites for hydroxylation is 4. The van der Waals surface area contributed by atoms with E-state index < -0.39 is 35.7 Å². The van der Waals surface area contributed by atoms with Gasteiger partial charge in [0.15, 0.2) is 0 Å². The van der Waals surface area contributed by atoms with Gasteiger partial charge in [-0.2, -0.15) is 20.4 Å². The number of amides is 4. The summed E-state index contributed by atoms with van der Waals surface area (Å²) in [5.74, 6) is -1.49. The number of carbonyl (C=O) groups is 5. The molecule has 5 aliphatic heterocycles. The molecule has 36 nitrogen and oxygen atoms in total. The van der Waals surface area contributed by atoms with E-state index in [9.17, 15) is 24.0 Å². The lowest BCUT2D eigenvalue weighted by atomic mass is 10.0. The quantitative estimate of drug-likeness (QED) is 0.0243. The van der Waals surface area contributed by atoms with Crippen molar-refractivity contribution in [3.05, 3.63) is 274 Å². The second kappa shape index (κ2) is 49.6. The van der Waals surface area contributed by atoms with Crippen LogP contribution < -0.4 is 44.2 Å². The van der Waals surface area contributed by atoms with Crippen molar-refractivity contribution in [3.63, 3.8) is 0 Å². The molecular formula is C106H135BrN26O10. The molecule has 5 fully saturated rings. The van der Waals surface area contributed by atoms with Crippen molar-refractivity contribution in [1.29, 1.82) is 0 Å². The first kappa shape index (κ1) is 108. The Morgan fingerprint density at radius 2 is 0.692 bits per heavy atom. The van der Waals surface area contributed by atoms with Gasteiger partial charge in [0.05, 0.1) is 104 Å². The molecule has 0 spiro atoms. The molecule has 13 N–H and O–H groups in total. The van der Waals surface area contributed by atoms with Crippen molar-refractivity contribution >= 4 is 69.0 Å². The predicted octanol–water partition coefficient (Wildman–Crippen LogP) is 12.3. The first-order chi connectivity index (χ1) is 67.3. The summed E-state index contributed by atoms with van der Waals surface area (Å²) >= 11 is 3.43. The van der Waals surface area contributed by atoms with Gasteiger partial charge >= 0.3 is 12.1 Å². The van der Waals surface area contributed by atoms with Gasteiger partial charge in [-0.1, -0.05) is 147 Å². The maximum Gasteiger partial charge on any atom is 0.410 e. The SMILES string of the molecule is C.C.C.CN1CCN(Cc2ccc(-c3ccc(CO[C@H]4CN(C)C[C@@H]4NC(=O)c4cc(-c5cnn(C)c5)cnc4N)cc3)cc2)CC1.CN1CCN(Cc2ccc(-c3ccc(CO[C@H]4CNC[C@@H]4NC(=O)c4cc(-c5cnn(C)c5)cnc4N)cc3)cc2)CC1.Cn1cc(-c2cnc(N)c(C(=O)N[C@H]3CN(C(=O)OC(C)(C)C)C[C@@H]3OCc3ccc(Br)cc3)c2)cn1.Cn1cc(-c2cnc(N)c(C(=O)O)c2)cn1. The summed E-state index contributed by atoms with van der Waals surface area (Å²) in [5.41, 5.74) is 41.0. The number of halogens is 1. The molecule has 143 heavy (non-hydrogen) atoms. The smallest absolute Gasteiger partial charge is 0.410 e. The summed E-state index contributed by atoms with van der Waals surface area (Å²) < 4.78 is 32.0. The normalized spacial score (nSPS) is 17.7. The molecule has 0 bridgehead atoms. The fourth-order valence-corrected chi connectivity index (χ4v) is 17.2. The summed E-state index contributed by atoms with van der Waals surface area (Å²) in [5, 5.41) is 38.1. The maximum atomic E-state index is 13.3. The molecule has 13 heterocycles. The van der Waals surface area contributed by atoms with Crippen LogP contribution in [0.25, 0.3) is 66.8 Å². The van der Waals surface area contributed by atoms with Gasteiger partial charge in [-0.05, 0) is 128 Å². The number of carboxylic acids is 1. The Morgan fingerprint density at radius 3 is 1.03 bits per heavy atom. The number of nitrogen functional groups attached to an aromatic ring is 4. The van der Waals surface area contributed by atoms with E-state index in [4.69, 9.17) is 47.0 Å². The summed E-state index contributed by atoms with van der Waals surface area (Å²) in [6.45, 7) is 20.9. The summed E-state index contributed by atoms with van der Waals surface area (Å²) in [7, 11) is 13.7. The number of rotatable bonds is 26. The number of hydrogen-bond acceptors (Lipinski definition) is 27. The number of anilines is 4. The van der Waals surface area contributed by atoms with E-state index in [0.717, 1.165) is 132 Å². The number of nitrogens with two attached hydrogens (primary N) is 4. The van der Waals surface area contributed by atoms with Crippen molar-refractivity contribution in [2.45, 2.75) is 118 Å². The first-order valence-corrected chi connectivity index (χ1v) is 47.4. The highest BCUT2D eigenvalue weighted by Crippen LogP contribution is 2.32. The molecule has 5 aliphatic rings. The molecule has 37 heteroatoms. The molecule has 13 aromatic rings. The third-order valence-electron chi connectivity index (χ3n) is 25.1. The van der Waals surface area contributed by atoms with Gasteiger partial charge in [0.25, 0.3) is 17.7 Å². The summed E-state index contributed by atoms with van der Waals surface area (Å²) in [4.78, 5) is 93.6. The van der Waals surface area contributed by atoms with Crippen LogP contribution in [0.5, 0.6) is 0 Å². The average Bonchev–Trinajstić information content (AvgIpc) is 1.21. The molecule has 0 radical (unpaired) electrons. The molecule has 5 aromatic carbocycles. The van der Waals surface area contributed by atoms with Crippen LogP contribution in [-0.2, 0) is 80.0 Å². The monoisotopic (exact) mass is 2010 g/mol. The van der Waals surface area contributed by atoms with Crippen LogP contribution in [0.15, 0.2) is 224 Å². The number of pyridine rings is 4. The van der Waals surface area contributed by atoms with Gasteiger partial charge in [-0.3, -0.25) is 42.9 Å². The van der Waals surface area contributed by atoms with E-state index in [2.05, 4.69) is 213 Å². The fourth-order valence-electron chi connectivity index (χ4n) is 17.0. The Balaban J connectivity index is 0.000000176. The highest BCUT2D eigenvalue weighted by molar-refractivity contribution is 9.10. The van der Waals surface area contributed by atoms with Gasteiger partial charge in [-0.25, -0.2) is 29.5 Å². The molecule has 0 saturated carbocycles. The molecule has 6 atom stereocenters. The number of carboxylic acid groups (broad SMARTS) is 1. The lowest BCUT2D eigenvalue weighted by Crippen LogP contribution is -2.44. The van der Waals surface area contributed by atoms with Crippen LogP contribution in [0.1, 0.15) is 112 Å². The minimum absolute atomic E-state index is 0. The molecular weight excluding hydrogens is 1880 g/mol. The Morgan fingerprint density at radius 1 is 0.378 bits per heavy atom. The molecule has 0 aliphatic carbocycles. The number of aromatic carboxylic acids is 1. The number of nitrogens with zero attached hydrogens (tertiary/aromatic N) is 18. The second-order valence-corrected chi connectivity index (χ2v) is 38.1. The van der Waals surface area contributed by atoms with E-state index in [1.807, 2.05) is 91.8 Å². The largest absolute Gasteiger partial charge is 0.478 e. The number of hydrogen-bond donors (Lipinski definition) is 9. The van der Waals surface area contributed by atoms with Gasteiger partial charge in [-0.15, -0.1) is 0 Å². The topological polar surface area (TPSA) is 437 Å². The third kappa shape index (κ3) is 29.6. The number of ether oxygens (including phenoxy) is 4. The number of nitrogens with one attached hydrogen (secondary N) is 4. The van der Waals surface area contributed by atoms with Crippen molar-refractivity contribution in [3.8, 4) is 66.8 Å². The van der Waals surface area contributed by atoms with Crippen molar-refractivity contribution in [2.75, 3.05) is 136 Å². The Kier molecular flexibility index (Phi) is 37.4. The molecule has 756 valence electrons. The zero-order valence-corrected chi connectivity index (χ0v) is 82.1. The van der Waals surface area contributed by atoms with Crippen LogP contribution in [0.2, 0.25) is 0 Å². The summed E-state index contributed by atoms with van der Waals surface area (Å²) in [6.07, 6.45) is 19.4. The molecule has 18 rings (SSSR count). The molecule has 8 aromatic heterocycles. The number of carbonyl (C=O) groups excluding carboxylic acids is 4. The Bertz CT molecular complexity index is 6390. The van der Waals surface area contributed by atoms with Crippen LogP contribution >= 0.6 is 15.9 Å². The number of aromatic nitrogens is 12. The zero-order chi connectivity index (χ0) is 98.8. The minimum Gasteiger partial charge on any atom is -0.478 e. The number of likely N-dealkylation sites (tertiary alicyclic amines) is 2. The van der Waals surface area contributed by atoms with Crippen molar-refractivity contribution in [2.24, 2.45) is 28.2 Å². The average molecular weight is 2010 g/mol. The van der Waals surface area contributed by atoms with Crippen LogP contribution in [-0.4, -0.2) is 278 Å². The number of piperazine rings is 2. The number of benzene rings is 5. The van der Waals surface area contributed by atoms with Crippen molar-refractivity contribution in [1.82, 2.24) is 110 Å². The molecule has 4 amide bonds. The van der Waals surface area contributed by atoms with E-state index >= 15 is 0 Å². The first-order valence-electron chi connectivity index (χ1n) is 46.6. The van der Waals surface area contributed by atoms with E-state index in [1.54, 1.807) is 98.4 Å². The van der Waals surface area contributed by atoms with Gasteiger partial charge in [0.2, 0.25) is 0 Å². The van der Waals surface area contributed by atoms with Gasteiger partial charge in [0, 0.05) is 225 Å². The van der Waals surface area contributed by atoms with E-state index in [-0.39, 0.29) is 106 Å². The highest BCUT2D eigenvalue weighted by atomic mass is 79.9. The lowest BCUT2D eigenvalue weighted by Gasteiger charge is -2.32. The second-order valence-electron chi connectivity index (χ2n) is 37.2. The third-order valence-corrected chi connectivity index (χ3v) is 25.6. The fraction of sp³-hybridized carbons (Fsp3) is 0.368.